The fourth-order valence-corrected chi connectivity index (χ4v) is 4.36. The van der Waals surface area contributed by atoms with Crippen molar-refractivity contribution in [1.82, 2.24) is 4.98 Å². The number of thiophene rings is 1. The molecule has 0 aliphatic heterocycles. The Bertz CT molecular complexity index is 526. The van der Waals surface area contributed by atoms with Crippen LogP contribution in [-0.4, -0.2) is 4.98 Å². The molecule has 2 unspecified atom stereocenters. The molecule has 0 saturated carbocycles. The number of fused-ring (bicyclic) bond motifs is 1. The van der Waals surface area contributed by atoms with Crippen LogP contribution in [0.4, 0.5) is 0 Å². The number of hydrogen-bond donors (Lipinski definition) is 0. The Kier molecular flexibility index (Phi) is 3.90. The average Bonchev–Trinajstić information content (AvgIpc) is 2.90. The zero-order valence-electron chi connectivity index (χ0n) is 11.1. The van der Waals surface area contributed by atoms with Crippen LogP contribution in [0.15, 0.2) is 30.5 Å². The van der Waals surface area contributed by atoms with Crippen LogP contribution in [0.25, 0.3) is 0 Å². The van der Waals surface area contributed by atoms with Gasteiger partial charge in [0.1, 0.15) is 0 Å². The quantitative estimate of drug-likeness (QED) is 0.717. The summed E-state index contributed by atoms with van der Waals surface area (Å²) in [5.74, 6) is 0.253. The maximum atomic E-state index is 6.68. The monoisotopic (exact) mass is 291 g/mol. The molecule has 2 aromatic heterocycles. The molecule has 1 aliphatic carbocycles. The molecule has 2 heterocycles. The van der Waals surface area contributed by atoms with E-state index < -0.39 is 0 Å². The van der Waals surface area contributed by atoms with Gasteiger partial charge in [-0.3, -0.25) is 4.98 Å². The first-order chi connectivity index (χ1) is 9.25. The van der Waals surface area contributed by atoms with Crippen molar-refractivity contribution in [3.63, 3.8) is 0 Å². The largest absolute Gasteiger partial charge is 0.261 e. The van der Waals surface area contributed by atoms with E-state index in [9.17, 15) is 0 Å². The number of hydrogen-bond acceptors (Lipinski definition) is 2. The van der Waals surface area contributed by atoms with Gasteiger partial charge in [0.2, 0.25) is 0 Å². The van der Waals surface area contributed by atoms with Crippen molar-refractivity contribution in [2.45, 2.75) is 43.9 Å². The Morgan fingerprint density at radius 3 is 2.84 bits per heavy atom. The van der Waals surface area contributed by atoms with E-state index in [2.05, 4.69) is 24.0 Å². The van der Waals surface area contributed by atoms with Gasteiger partial charge < -0.3 is 0 Å². The molecule has 1 nitrogen and oxygen atoms in total. The van der Waals surface area contributed by atoms with E-state index in [0.29, 0.717) is 0 Å². The van der Waals surface area contributed by atoms with Crippen LogP contribution in [0.5, 0.6) is 0 Å². The second-order valence-corrected chi connectivity index (χ2v) is 6.89. The molecule has 2 aromatic rings. The van der Waals surface area contributed by atoms with Gasteiger partial charge in [0.25, 0.3) is 0 Å². The predicted molar refractivity (Wildman–Crippen MR) is 82.2 cm³/mol. The number of rotatable bonds is 3. The van der Waals surface area contributed by atoms with Crippen LogP contribution in [0.2, 0.25) is 0 Å². The molecule has 3 rings (SSSR count). The molecule has 0 amide bonds. The van der Waals surface area contributed by atoms with Gasteiger partial charge in [0.15, 0.2) is 0 Å². The van der Waals surface area contributed by atoms with Crippen molar-refractivity contribution >= 4 is 22.9 Å². The smallest absolute Gasteiger partial charge is 0.0759 e. The minimum atomic E-state index is 0.0329. The molecule has 2 atom stereocenters. The second kappa shape index (κ2) is 5.64. The first-order valence-electron chi connectivity index (χ1n) is 6.92. The second-order valence-electron chi connectivity index (χ2n) is 5.25. The van der Waals surface area contributed by atoms with Gasteiger partial charge in [-0.2, -0.15) is 0 Å². The number of nitrogens with zero attached hydrogens (tertiary/aromatic N) is 1. The zero-order chi connectivity index (χ0) is 13.2. The summed E-state index contributed by atoms with van der Waals surface area (Å²) in [4.78, 5) is 7.29. The van der Waals surface area contributed by atoms with E-state index in [1.165, 1.54) is 36.1 Å². The molecule has 0 fully saturated rings. The molecule has 3 heteroatoms. The van der Waals surface area contributed by atoms with Gasteiger partial charge in [-0.1, -0.05) is 13.0 Å². The van der Waals surface area contributed by atoms with Crippen LogP contribution in [0.3, 0.4) is 0 Å². The summed E-state index contributed by atoms with van der Waals surface area (Å²) in [7, 11) is 0. The van der Waals surface area contributed by atoms with Gasteiger partial charge in [-0.15, -0.1) is 22.9 Å². The van der Waals surface area contributed by atoms with E-state index in [1.807, 2.05) is 29.7 Å². The molecule has 0 saturated heterocycles. The van der Waals surface area contributed by atoms with E-state index in [1.54, 1.807) is 4.88 Å². The van der Waals surface area contributed by atoms with Gasteiger partial charge in [-0.05, 0) is 49.4 Å². The van der Waals surface area contributed by atoms with E-state index in [0.717, 1.165) is 5.69 Å². The Labute approximate surface area is 123 Å². The lowest BCUT2D eigenvalue weighted by atomic mass is 9.97. The summed E-state index contributed by atoms with van der Waals surface area (Å²) in [6.07, 6.45) is 6.96. The zero-order valence-corrected chi connectivity index (χ0v) is 12.7. The highest BCUT2D eigenvalue weighted by atomic mass is 35.5. The topological polar surface area (TPSA) is 12.9 Å². The van der Waals surface area contributed by atoms with Crippen molar-refractivity contribution in [2.75, 3.05) is 0 Å². The lowest BCUT2D eigenvalue weighted by molar-refractivity contribution is 0.694. The average molecular weight is 292 g/mol. The van der Waals surface area contributed by atoms with Crippen molar-refractivity contribution in [1.29, 1.82) is 0 Å². The van der Waals surface area contributed by atoms with E-state index in [-0.39, 0.29) is 11.3 Å². The minimum absolute atomic E-state index is 0.0329. The molecular weight excluding hydrogens is 274 g/mol. The highest BCUT2D eigenvalue weighted by molar-refractivity contribution is 7.12. The summed E-state index contributed by atoms with van der Waals surface area (Å²) < 4.78 is 0. The number of pyridine rings is 1. The third-order valence-electron chi connectivity index (χ3n) is 3.88. The van der Waals surface area contributed by atoms with Crippen molar-refractivity contribution < 1.29 is 0 Å². The first-order valence-corrected chi connectivity index (χ1v) is 8.17. The van der Waals surface area contributed by atoms with Gasteiger partial charge >= 0.3 is 0 Å². The lowest BCUT2D eigenvalue weighted by Crippen LogP contribution is -2.02. The Hall–Kier alpha value is -0.860. The number of aromatic nitrogens is 1. The van der Waals surface area contributed by atoms with Crippen LogP contribution in [0.1, 0.15) is 52.1 Å². The highest BCUT2D eigenvalue weighted by Crippen LogP contribution is 2.41. The Morgan fingerprint density at radius 1 is 1.26 bits per heavy atom. The predicted octanol–water partition coefficient (Wildman–Crippen LogP) is 5.11. The SMILES string of the molecule is CC(c1ccccn1)C(Cl)c1cc2c(s1)CCCC2. The van der Waals surface area contributed by atoms with Gasteiger partial charge in [0, 0.05) is 27.6 Å². The molecule has 0 spiro atoms. The van der Waals surface area contributed by atoms with E-state index in [4.69, 9.17) is 11.6 Å². The van der Waals surface area contributed by atoms with Crippen molar-refractivity contribution in [3.05, 3.63) is 51.5 Å². The van der Waals surface area contributed by atoms with E-state index >= 15 is 0 Å². The molecule has 100 valence electrons. The summed E-state index contributed by atoms with van der Waals surface area (Å²) in [6, 6.07) is 8.37. The third-order valence-corrected chi connectivity index (χ3v) is 5.94. The number of aryl methyl sites for hydroxylation is 2. The summed E-state index contributed by atoms with van der Waals surface area (Å²) >= 11 is 8.59. The molecule has 0 N–H and O–H groups in total. The Morgan fingerprint density at radius 2 is 2.11 bits per heavy atom. The van der Waals surface area contributed by atoms with Crippen LogP contribution < -0.4 is 0 Å². The maximum Gasteiger partial charge on any atom is 0.0759 e. The highest BCUT2D eigenvalue weighted by Gasteiger charge is 2.23. The summed E-state index contributed by atoms with van der Waals surface area (Å²) in [6.45, 7) is 2.17. The maximum absolute atomic E-state index is 6.68. The van der Waals surface area contributed by atoms with Crippen molar-refractivity contribution in [3.8, 4) is 0 Å². The fraction of sp³-hybridized carbons (Fsp3) is 0.438. The standard InChI is InChI=1S/C16H18ClNS/c1-11(13-7-4-5-9-18-13)16(17)15-10-12-6-2-3-8-14(12)19-15/h4-5,7,9-11,16H,2-3,6,8H2,1H3. The van der Waals surface area contributed by atoms with Crippen LogP contribution in [0, 0.1) is 0 Å². The third kappa shape index (κ3) is 2.70. The van der Waals surface area contributed by atoms with Gasteiger partial charge in [-0.25, -0.2) is 0 Å². The molecule has 0 radical (unpaired) electrons. The minimum Gasteiger partial charge on any atom is -0.261 e. The number of alkyl halides is 1. The molecule has 19 heavy (non-hydrogen) atoms. The molecule has 0 bridgehead atoms. The lowest BCUT2D eigenvalue weighted by Gasteiger charge is -2.16. The first kappa shape index (κ1) is 13.1. The Balaban J connectivity index is 1.83. The van der Waals surface area contributed by atoms with Crippen LogP contribution >= 0.6 is 22.9 Å². The summed E-state index contributed by atoms with van der Waals surface area (Å²) in [5, 5.41) is 0.0329. The van der Waals surface area contributed by atoms with Gasteiger partial charge in [0.05, 0.1) is 5.38 Å². The molecular formula is C16H18ClNS. The number of halogens is 1. The fourth-order valence-electron chi connectivity index (χ4n) is 2.69. The molecule has 0 aromatic carbocycles. The van der Waals surface area contributed by atoms with Crippen molar-refractivity contribution in [2.24, 2.45) is 0 Å². The summed E-state index contributed by atoms with van der Waals surface area (Å²) in [5.41, 5.74) is 2.61. The molecule has 1 aliphatic rings. The normalized spacial score (nSPS) is 17.8. The van der Waals surface area contributed by atoms with Crippen LogP contribution in [-0.2, 0) is 12.8 Å².